The molecule has 1 aliphatic carbocycles. The SMILES string of the molecule is CNC(=O)C1(C)CCN(C2CCC(N)CC2)C1. The summed E-state index contributed by atoms with van der Waals surface area (Å²) in [6, 6.07) is 1.06. The summed E-state index contributed by atoms with van der Waals surface area (Å²) >= 11 is 0. The summed E-state index contributed by atoms with van der Waals surface area (Å²) in [5.74, 6) is 0.188. The molecule has 1 heterocycles. The zero-order valence-electron chi connectivity index (χ0n) is 11.0. The Labute approximate surface area is 104 Å². The Bertz CT molecular complexity index is 286. The molecule has 1 unspecified atom stereocenters. The van der Waals surface area contributed by atoms with Crippen molar-refractivity contribution in [3.8, 4) is 0 Å². The molecule has 4 nitrogen and oxygen atoms in total. The number of carbonyl (C=O) groups is 1. The van der Waals surface area contributed by atoms with E-state index in [9.17, 15) is 4.79 Å². The molecule has 3 N–H and O–H groups in total. The lowest BCUT2D eigenvalue weighted by Crippen LogP contribution is -2.43. The molecule has 17 heavy (non-hydrogen) atoms. The number of nitrogens with two attached hydrogens (primary N) is 1. The summed E-state index contributed by atoms with van der Waals surface area (Å²) in [6.07, 6.45) is 5.65. The van der Waals surface area contributed by atoms with E-state index in [4.69, 9.17) is 5.73 Å². The van der Waals surface area contributed by atoms with Crippen molar-refractivity contribution in [2.24, 2.45) is 11.1 Å². The average molecular weight is 239 g/mol. The number of nitrogens with one attached hydrogen (secondary N) is 1. The molecule has 0 radical (unpaired) electrons. The predicted octanol–water partition coefficient (Wildman–Crippen LogP) is 0.714. The Morgan fingerprint density at radius 3 is 2.59 bits per heavy atom. The monoisotopic (exact) mass is 239 g/mol. The van der Waals surface area contributed by atoms with Crippen molar-refractivity contribution in [3.63, 3.8) is 0 Å². The highest BCUT2D eigenvalue weighted by atomic mass is 16.2. The van der Waals surface area contributed by atoms with Gasteiger partial charge in [-0.1, -0.05) is 0 Å². The maximum absolute atomic E-state index is 11.9. The van der Waals surface area contributed by atoms with E-state index in [-0.39, 0.29) is 11.3 Å². The Kier molecular flexibility index (Phi) is 3.73. The van der Waals surface area contributed by atoms with Gasteiger partial charge in [0.2, 0.25) is 5.91 Å². The van der Waals surface area contributed by atoms with Gasteiger partial charge in [-0.15, -0.1) is 0 Å². The molecule has 98 valence electrons. The third kappa shape index (κ3) is 2.63. The second kappa shape index (κ2) is 4.94. The highest BCUT2D eigenvalue weighted by Crippen LogP contribution is 2.34. The minimum atomic E-state index is -0.186. The fourth-order valence-corrected chi connectivity index (χ4v) is 3.26. The van der Waals surface area contributed by atoms with Crippen LogP contribution in [-0.4, -0.2) is 43.0 Å². The number of rotatable bonds is 2. The fraction of sp³-hybridized carbons (Fsp3) is 0.923. The first-order chi connectivity index (χ1) is 8.05. The van der Waals surface area contributed by atoms with E-state index in [1.54, 1.807) is 7.05 Å². The average Bonchev–Trinajstić information content (AvgIpc) is 2.73. The highest BCUT2D eigenvalue weighted by molar-refractivity contribution is 5.82. The van der Waals surface area contributed by atoms with Crippen LogP contribution >= 0.6 is 0 Å². The van der Waals surface area contributed by atoms with Gasteiger partial charge in [0.15, 0.2) is 0 Å². The van der Waals surface area contributed by atoms with Gasteiger partial charge in [-0.05, 0) is 45.6 Å². The Morgan fingerprint density at radius 2 is 2.00 bits per heavy atom. The minimum absolute atomic E-state index is 0.186. The van der Waals surface area contributed by atoms with E-state index >= 15 is 0 Å². The zero-order valence-corrected chi connectivity index (χ0v) is 11.0. The van der Waals surface area contributed by atoms with Gasteiger partial charge in [0, 0.05) is 25.7 Å². The summed E-state index contributed by atoms with van der Waals surface area (Å²) in [5, 5.41) is 2.79. The van der Waals surface area contributed by atoms with Gasteiger partial charge in [0.05, 0.1) is 5.41 Å². The molecule has 1 amide bonds. The lowest BCUT2D eigenvalue weighted by atomic mass is 9.88. The molecule has 0 aromatic rings. The Balaban J connectivity index is 1.91. The van der Waals surface area contributed by atoms with Crippen molar-refractivity contribution in [1.82, 2.24) is 10.2 Å². The summed E-state index contributed by atoms with van der Waals surface area (Å²) < 4.78 is 0. The predicted molar refractivity (Wildman–Crippen MR) is 68.6 cm³/mol. The van der Waals surface area contributed by atoms with E-state index in [0.29, 0.717) is 12.1 Å². The van der Waals surface area contributed by atoms with E-state index in [1.807, 2.05) is 0 Å². The normalized spacial score (nSPS) is 39.2. The summed E-state index contributed by atoms with van der Waals surface area (Å²) in [7, 11) is 1.73. The third-order valence-corrected chi connectivity index (χ3v) is 4.54. The van der Waals surface area contributed by atoms with Crippen LogP contribution in [0.3, 0.4) is 0 Å². The van der Waals surface area contributed by atoms with Crippen molar-refractivity contribution in [2.45, 2.75) is 51.1 Å². The lowest BCUT2D eigenvalue weighted by molar-refractivity contribution is -0.129. The number of hydrogen-bond donors (Lipinski definition) is 2. The molecule has 1 saturated carbocycles. The number of amides is 1. The van der Waals surface area contributed by atoms with Crippen molar-refractivity contribution in [3.05, 3.63) is 0 Å². The van der Waals surface area contributed by atoms with Crippen LogP contribution in [0.25, 0.3) is 0 Å². The maximum Gasteiger partial charge on any atom is 0.227 e. The Hall–Kier alpha value is -0.610. The molecule has 0 aromatic heterocycles. The summed E-state index contributed by atoms with van der Waals surface area (Å²) in [4.78, 5) is 14.4. The van der Waals surface area contributed by atoms with Crippen LogP contribution in [0.1, 0.15) is 39.0 Å². The van der Waals surface area contributed by atoms with Gasteiger partial charge >= 0.3 is 0 Å². The van der Waals surface area contributed by atoms with Crippen LogP contribution in [0, 0.1) is 5.41 Å². The van der Waals surface area contributed by atoms with Crippen molar-refractivity contribution in [1.29, 1.82) is 0 Å². The second-order valence-corrected chi connectivity index (χ2v) is 5.93. The largest absolute Gasteiger partial charge is 0.359 e. The number of nitrogens with zero attached hydrogens (tertiary/aromatic N) is 1. The fourth-order valence-electron chi connectivity index (χ4n) is 3.26. The van der Waals surface area contributed by atoms with Crippen LogP contribution in [-0.2, 0) is 4.79 Å². The van der Waals surface area contributed by atoms with Crippen LogP contribution in [0.2, 0.25) is 0 Å². The molecular weight excluding hydrogens is 214 g/mol. The number of likely N-dealkylation sites (tertiary alicyclic amines) is 1. The van der Waals surface area contributed by atoms with Crippen LogP contribution < -0.4 is 11.1 Å². The van der Waals surface area contributed by atoms with Crippen molar-refractivity contribution >= 4 is 5.91 Å². The first-order valence-electron chi connectivity index (χ1n) is 6.77. The van der Waals surface area contributed by atoms with Crippen LogP contribution in [0.4, 0.5) is 0 Å². The quantitative estimate of drug-likeness (QED) is 0.746. The van der Waals surface area contributed by atoms with Gasteiger partial charge < -0.3 is 11.1 Å². The van der Waals surface area contributed by atoms with Gasteiger partial charge in [-0.25, -0.2) is 0 Å². The molecule has 0 spiro atoms. The molecule has 4 heteroatoms. The summed E-state index contributed by atoms with van der Waals surface area (Å²) in [5.41, 5.74) is 5.75. The Morgan fingerprint density at radius 1 is 1.35 bits per heavy atom. The van der Waals surface area contributed by atoms with E-state index in [1.165, 1.54) is 12.8 Å². The lowest BCUT2D eigenvalue weighted by Gasteiger charge is -2.34. The maximum atomic E-state index is 11.9. The molecule has 0 bridgehead atoms. The highest BCUT2D eigenvalue weighted by Gasteiger charge is 2.42. The van der Waals surface area contributed by atoms with Gasteiger partial charge in [0.1, 0.15) is 0 Å². The standard InChI is InChI=1S/C13H25N3O/c1-13(12(17)15-2)7-8-16(9-13)11-5-3-10(14)4-6-11/h10-11H,3-9,14H2,1-2H3,(H,15,17). The first-order valence-corrected chi connectivity index (χ1v) is 6.77. The molecule has 2 fully saturated rings. The van der Waals surface area contributed by atoms with Gasteiger partial charge in [0.25, 0.3) is 0 Å². The third-order valence-electron chi connectivity index (χ3n) is 4.54. The van der Waals surface area contributed by atoms with Gasteiger partial charge in [-0.2, -0.15) is 0 Å². The van der Waals surface area contributed by atoms with E-state index in [2.05, 4.69) is 17.1 Å². The molecule has 1 saturated heterocycles. The van der Waals surface area contributed by atoms with E-state index < -0.39 is 0 Å². The van der Waals surface area contributed by atoms with Crippen LogP contribution in [0.5, 0.6) is 0 Å². The molecule has 0 aromatic carbocycles. The zero-order chi connectivity index (χ0) is 12.5. The van der Waals surface area contributed by atoms with Gasteiger partial charge in [-0.3, -0.25) is 9.69 Å². The topological polar surface area (TPSA) is 58.4 Å². The van der Waals surface area contributed by atoms with Crippen molar-refractivity contribution in [2.75, 3.05) is 20.1 Å². The molecule has 1 atom stereocenters. The summed E-state index contributed by atoms with van der Waals surface area (Å²) in [6.45, 7) is 4.05. The molecular formula is C13H25N3O. The van der Waals surface area contributed by atoms with Crippen LogP contribution in [0.15, 0.2) is 0 Å². The van der Waals surface area contributed by atoms with E-state index in [0.717, 1.165) is 32.4 Å². The van der Waals surface area contributed by atoms with Crippen molar-refractivity contribution < 1.29 is 4.79 Å². The number of carbonyl (C=O) groups excluding carboxylic acids is 1. The molecule has 1 aliphatic heterocycles. The number of hydrogen-bond acceptors (Lipinski definition) is 3. The second-order valence-electron chi connectivity index (χ2n) is 5.93. The smallest absolute Gasteiger partial charge is 0.227 e. The molecule has 2 aliphatic rings. The molecule has 2 rings (SSSR count). The first kappa shape index (κ1) is 12.8. The minimum Gasteiger partial charge on any atom is -0.359 e.